The van der Waals surface area contributed by atoms with Crippen LogP contribution in [0, 0.1) is 0 Å². The van der Waals surface area contributed by atoms with Gasteiger partial charge >= 0.3 is 0 Å². The van der Waals surface area contributed by atoms with Crippen molar-refractivity contribution in [3.05, 3.63) is 23.3 Å². The molecule has 2 heterocycles. The van der Waals surface area contributed by atoms with Crippen LogP contribution in [0.25, 0.3) is 10.3 Å². The van der Waals surface area contributed by atoms with Crippen molar-refractivity contribution < 1.29 is 4.79 Å². The van der Waals surface area contributed by atoms with E-state index in [1.807, 2.05) is 6.92 Å². The Balaban J connectivity index is 2.25. The molecular formula is C9H10N4OS. The summed E-state index contributed by atoms with van der Waals surface area (Å²) in [6.07, 6.45) is 3.23. The van der Waals surface area contributed by atoms with E-state index in [2.05, 4.69) is 20.8 Å². The molecule has 0 bridgehead atoms. The van der Waals surface area contributed by atoms with Crippen LogP contribution in [0.1, 0.15) is 16.6 Å². The Kier molecular flexibility index (Phi) is 2.89. The molecule has 78 valence electrons. The number of hydrazine groups is 1. The smallest absolute Gasteiger partial charge is 0.275 e. The minimum absolute atomic E-state index is 0.151. The van der Waals surface area contributed by atoms with Crippen LogP contribution in [0.5, 0.6) is 0 Å². The number of hydrogen-bond donors (Lipinski definition) is 2. The second-order valence-corrected chi connectivity index (χ2v) is 3.87. The molecule has 0 saturated heterocycles. The predicted octanol–water partition coefficient (Wildman–Crippen LogP) is 0.946. The molecule has 5 nitrogen and oxygen atoms in total. The monoisotopic (exact) mass is 222 g/mol. The zero-order valence-corrected chi connectivity index (χ0v) is 8.97. The van der Waals surface area contributed by atoms with E-state index in [0.29, 0.717) is 11.4 Å². The van der Waals surface area contributed by atoms with Crippen LogP contribution in [-0.4, -0.2) is 22.4 Å². The fourth-order valence-electron chi connectivity index (χ4n) is 1.11. The fraction of sp³-hybridized carbons (Fsp3) is 0.222. The SMILES string of the molecule is CCNNC(=O)c1cc2nccnc2s1. The van der Waals surface area contributed by atoms with Gasteiger partial charge in [0.15, 0.2) is 0 Å². The van der Waals surface area contributed by atoms with Crippen LogP contribution in [-0.2, 0) is 0 Å². The minimum Gasteiger partial charge on any atom is -0.287 e. The van der Waals surface area contributed by atoms with E-state index in [1.54, 1.807) is 18.5 Å². The van der Waals surface area contributed by atoms with E-state index in [-0.39, 0.29) is 5.91 Å². The lowest BCUT2D eigenvalue weighted by Crippen LogP contribution is -2.36. The summed E-state index contributed by atoms with van der Waals surface area (Å²) in [5.74, 6) is -0.151. The van der Waals surface area contributed by atoms with E-state index in [0.717, 1.165) is 10.3 Å². The zero-order valence-electron chi connectivity index (χ0n) is 8.15. The van der Waals surface area contributed by atoms with Crippen LogP contribution >= 0.6 is 11.3 Å². The Labute approximate surface area is 90.5 Å². The number of fused-ring (bicyclic) bond motifs is 1. The Morgan fingerprint density at radius 3 is 3.00 bits per heavy atom. The molecule has 0 atom stereocenters. The molecular weight excluding hydrogens is 212 g/mol. The van der Waals surface area contributed by atoms with Gasteiger partial charge in [-0.2, -0.15) is 0 Å². The highest BCUT2D eigenvalue weighted by Crippen LogP contribution is 2.20. The molecule has 2 aromatic rings. The molecule has 0 aromatic carbocycles. The Bertz CT molecular complexity index is 449. The Morgan fingerprint density at radius 2 is 2.27 bits per heavy atom. The van der Waals surface area contributed by atoms with Crippen molar-refractivity contribution in [1.82, 2.24) is 20.8 Å². The molecule has 2 N–H and O–H groups in total. The summed E-state index contributed by atoms with van der Waals surface area (Å²) in [6.45, 7) is 2.60. The second kappa shape index (κ2) is 4.33. The molecule has 0 radical (unpaired) electrons. The molecule has 0 unspecified atom stereocenters. The summed E-state index contributed by atoms with van der Waals surface area (Å²) in [4.78, 5) is 21.2. The number of rotatable bonds is 3. The summed E-state index contributed by atoms with van der Waals surface area (Å²) in [7, 11) is 0. The van der Waals surface area contributed by atoms with Crippen molar-refractivity contribution in [2.45, 2.75) is 6.92 Å². The van der Waals surface area contributed by atoms with E-state index < -0.39 is 0 Å². The first-order valence-electron chi connectivity index (χ1n) is 4.55. The van der Waals surface area contributed by atoms with Gasteiger partial charge in [0.25, 0.3) is 5.91 Å². The van der Waals surface area contributed by atoms with Crippen molar-refractivity contribution >= 4 is 27.6 Å². The van der Waals surface area contributed by atoms with Gasteiger partial charge in [0, 0.05) is 18.9 Å². The number of aromatic nitrogens is 2. The van der Waals surface area contributed by atoms with Crippen molar-refractivity contribution in [2.24, 2.45) is 0 Å². The van der Waals surface area contributed by atoms with Gasteiger partial charge in [-0.05, 0) is 6.07 Å². The van der Waals surface area contributed by atoms with Gasteiger partial charge in [-0.25, -0.2) is 10.4 Å². The lowest BCUT2D eigenvalue weighted by atomic mass is 10.4. The van der Waals surface area contributed by atoms with Gasteiger partial charge < -0.3 is 0 Å². The number of nitrogens with zero attached hydrogens (tertiary/aromatic N) is 2. The summed E-state index contributed by atoms with van der Waals surface area (Å²) in [6, 6.07) is 1.74. The number of carbonyl (C=O) groups is 1. The first kappa shape index (κ1) is 10.0. The highest BCUT2D eigenvalue weighted by atomic mass is 32.1. The molecule has 0 aliphatic rings. The average Bonchev–Trinajstić information content (AvgIpc) is 2.69. The summed E-state index contributed by atoms with van der Waals surface area (Å²) < 4.78 is 0. The maximum absolute atomic E-state index is 11.6. The number of thiophene rings is 1. The van der Waals surface area contributed by atoms with Crippen molar-refractivity contribution in [1.29, 1.82) is 0 Å². The number of amides is 1. The molecule has 2 rings (SSSR count). The van der Waals surface area contributed by atoms with Crippen LogP contribution in [0.4, 0.5) is 0 Å². The first-order valence-corrected chi connectivity index (χ1v) is 5.36. The van der Waals surface area contributed by atoms with Gasteiger partial charge in [0.1, 0.15) is 10.3 Å². The van der Waals surface area contributed by atoms with Gasteiger partial charge in [-0.3, -0.25) is 15.2 Å². The number of carbonyl (C=O) groups excluding carboxylic acids is 1. The normalized spacial score (nSPS) is 10.5. The Morgan fingerprint density at radius 1 is 1.47 bits per heavy atom. The summed E-state index contributed by atoms with van der Waals surface area (Å²) in [5, 5.41) is 0. The summed E-state index contributed by atoms with van der Waals surface area (Å²) >= 11 is 1.33. The number of nitrogens with one attached hydrogen (secondary N) is 2. The van der Waals surface area contributed by atoms with Crippen molar-refractivity contribution in [3.8, 4) is 0 Å². The van der Waals surface area contributed by atoms with Crippen LogP contribution in [0.3, 0.4) is 0 Å². The molecule has 1 amide bonds. The highest BCUT2D eigenvalue weighted by Gasteiger charge is 2.10. The summed E-state index contributed by atoms with van der Waals surface area (Å²) in [5.41, 5.74) is 6.09. The molecule has 15 heavy (non-hydrogen) atoms. The van der Waals surface area contributed by atoms with Gasteiger partial charge in [-0.1, -0.05) is 6.92 Å². The molecule has 0 aliphatic heterocycles. The standard InChI is InChI=1S/C9H10N4OS/c1-2-12-13-8(14)7-5-6-9(15-7)11-4-3-10-6/h3-5,12H,2H2,1H3,(H,13,14). The molecule has 0 fully saturated rings. The van der Waals surface area contributed by atoms with Crippen LogP contribution in [0.2, 0.25) is 0 Å². The molecule has 2 aromatic heterocycles. The van der Waals surface area contributed by atoms with Crippen LogP contribution in [0.15, 0.2) is 18.5 Å². The minimum atomic E-state index is -0.151. The average molecular weight is 222 g/mol. The maximum atomic E-state index is 11.6. The van der Waals surface area contributed by atoms with Gasteiger partial charge in [-0.15, -0.1) is 11.3 Å². The zero-order chi connectivity index (χ0) is 10.7. The van der Waals surface area contributed by atoms with Crippen LogP contribution < -0.4 is 10.9 Å². The van der Waals surface area contributed by atoms with Crippen molar-refractivity contribution in [2.75, 3.05) is 6.54 Å². The third-order valence-corrected chi connectivity index (χ3v) is 2.80. The largest absolute Gasteiger partial charge is 0.287 e. The second-order valence-electron chi connectivity index (χ2n) is 2.84. The van der Waals surface area contributed by atoms with E-state index in [1.165, 1.54) is 11.3 Å². The molecule has 0 aliphatic carbocycles. The van der Waals surface area contributed by atoms with Crippen molar-refractivity contribution in [3.63, 3.8) is 0 Å². The highest BCUT2D eigenvalue weighted by molar-refractivity contribution is 7.20. The molecule has 6 heteroatoms. The topological polar surface area (TPSA) is 66.9 Å². The number of hydrogen-bond acceptors (Lipinski definition) is 5. The lowest BCUT2D eigenvalue weighted by molar-refractivity contribution is 0.0938. The van der Waals surface area contributed by atoms with Gasteiger partial charge in [0.05, 0.1) is 4.88 Å². The molecule has 0 saturated carbocycles. The molecule has 0 spiro atoms. The maximum Gasteiger partial charge on any atom is 0.275 e. The first-order chi connectivity index (χ1) is 7.31. The van der Waals surface area contributed by atoms with Gasteiger partial charge in [0.2, 0.25) is 0 Å². The quantitative estimate of drug-likeness (QED) is 0.759. The van der Waals surface area contributed by atoms with E-state index >= 15 is 0 Å². The fourth-order valence-corrected chi connectivity index (χ4v) is 1.97. The third kappa shape index (κ3) is 2.11. The third-order valence-electron chi connectivity index (χ3n) is 1.77. The lowest BCUT2D eigenvalue weighted by Gasteiger charge is -2.00. The van der Waals surface area contributed by atoms with E-state index in [4.69, 9.17) is 0 Å². The van der Waals surface area contributed by atoms with E-state index in [9.17, 15) is 4.79 Å². The predicted molar refractivity (Wildman–Crippen MR) is 58.6 cm³/mol. The Hall–Kier alpha value is -1.53.